The molecule has 2 N–H and O–H groups in total. The average Bonchev–Trinajstić information content (AvgIpc) is 2.61. The molecule has 0 bridgehead atoms. The van der Waals surface area contributed by atoms with Crippen LogP contribution in [0.25, 0.3) is 0 Å². The van der Waals surface area contributed by atoms with Crippen LogP contribution in [-0.4, -0.2) is 24.5 Å². The van der Waals surface area contributed by atoms with Crippen LogP contribution in [0.2, 0.25) is 0 Å². The van der Waals surface area contributed by atoms with Crippen molar-refractivity contribution < 1.29 is 9.53 Å². The Labute approximate surface area is 145 Å². The van der Waals surface area contributed by atoms with Gasteiger partial charge in [-0.25, -0.2) is 4.79 Å². The third kappa shape index (κ3) is 5.24. The lowest BCUT2D eigenvalue weighted by Gasteiger charge is -2.04. The van der Waals surface area contributed by atoms with Crippen molar-refractivity contribution in [3.8, 4) is 0 Å². The molecular weight excluding hydrogens is 322 g/mol. The third-order valence-electron chi connectivity index (χ3n) is 3.26. The lowest BCUT2D eigenvalue weighted by molar-refractivity contribution is 0.0600. The summed E-state index contributed by atoms with van der Waals surface area (Å²) in [6, 6.07) is 15.4. The number of methoxy groups -OCH3 is 1. The fraction of sp³-hybridized carbons (Fsp3) is 0.167. The molecule has 124 valence electrons. The summed E-state index contributed by atoms with van der Waals surface area (Å²) in [7, 11) is 1.36. The number of thioether (sulfide) groups is 1. The third-order valence-corrected chi connectivity index (χ3v) is 4.11. The van der Waals surface area contributed by atoms with E-state index < -0.39 is 0 Å². The van der Waals surface area contributed by atoms with Gasteiger partial charge in [-0.15, -0.1) is 5.10 Å². The molecule has 0 aliphatic heterocycles. The molecule has 0 saturated heterocycles. The lowest BCUT2D eigenvalue weighted by atomic mass is 10.1. The summed E-state index contributed by atoms with van der Waals surface area (Å²) in [6.07, 6.45) is 1.56. The van der Waals surface area contributed by atoms with Crippen LogP contribution in [0.4, 0.5) is 0 Å². The topological polar surface area (TPSA) is 77.0 Å². The van der Waals surface area contributed by atoms with Gasteiger partial charge in [0.2, 0.25) is 0 Å². The molecule has 0 aliphatic rings. The second kappa shape index (κ2) is 8.88. The van der Waals surface area contributed by atoms with E-state index in [0.29, 0.717) is 10.7 Å². The summed E-state index contributed by atoms with van der Waals surface area (Å²) >= 11 is 1.42. The number of rotatable bonds is 5. The van der Waals surface area contributed by atoms with Gasteiger partial charge in [-0.2, -0.15) is 5.10 Å². The summed E-state index contributed by atoms with van der Waals surface area (Å²) in [5, 5.41) is 8.32. The second-order valence-corrected chi connectivity index (χ2v) is 6.02. The van der Waals surface area contributed by atoms with E-state index in [1.807, 2.05) is 49.4 Å². The van der Waals surface area contributed by atoms with Crippen LogP contribution in [-0.2, 0) is 10.5 Å². The summed E-state index contributed by atoms with van der Waals surface area (Å²) in [5.41, 5.74) is 9.12. The number of amidine groups is 1. The molecule has 0 atom stereocenters. The number of carbonyl (C=O) groups is 1. The summed E-state index contributed by atoms with van der Waals surface area (Å²) in [6.45, 7) is 1.85. The predicted molar refractivity (Wildman–Crippen MR) is 99.5 cm³/mol. The van der Waals surface area contributed by atoms with Crippen molar-refractivity contribution in [3.05, 3.63) is 70.8 Å². The van der Waals surface area contributed by atoms with Crippen LogP contribution >= 0.6 is 11.8 Å². The maximum Gasteiger partial charge on any atom is 0.338 e. The van der Waals surface area contributed by atoms with Gasteiger partial charge in [0.25, 0.3) is 0 Å². The zero-order valence-electron chi connectivity index (χ0n) is 13.6. The maximum absolute atomic E-state index is 11.7. The number of nitrogens with zero attached hydrogens (tertiary/aromatic N) is 2. The normalized spacial score (nSPS) is 11.7. The molecular formula is C18H19N3O2S. The molecule has 24 heavy (non-hydrogen) atoms. The number of hydrogen-bond acceptors (Lipinski definition) is 5. The van der Waals surface area contributed by atoms with E-state index in [-0.39, 0.29) is 5.97 Å². The van der Waals surface area contributed by atoms with Gasteiger partial charge in [0.05, 0.1) is 18.9 Å². The van der Waals surface area contributed by atoms with Crippen molar-refractivity contribution in [1.29, 1.82) is 0 Å². The molecule has 2 aromatic rings. The predicted octanol–water partition coefficient (Wildman–Crippen LogP) is 3.36. The number of hydrogen-bond donors (Lipinski definition) is 1. The zero-order chi connectivity index (χ0) is 17.4. The van der Waals surface area contributed by atoms with Crippen molar-refractivity contribution in [1.82, 2.24) is 0 Å². The van der Waals surface area contributed by atoms with Crippen molar-refractivity contribution in [2.45, 2.75) is 12.7 Å². The molecule has 0 unspecified atom stereocenters. The fourth-order valence-electron chi connectivity index (χ4n) is 1.96. The SMILES string of the molecule is COC(=O)c1cc(C=NN=C(N)SCc2ccccc2)ccc1C. The quantitative estimate of drug-likeness (QED) is 0.391. The molecule has 0 aliphatic carbocycles. The van der Waals surface area contributed by atoms with Crippen LogP contribution in [0, 0.1) is 6.92 Å². The first-order valence-corrected chi connectivity index (χ1v) is 8.31. The van der Waals surface area contributed by atoms with Gasteiger partial charge >= 0.3 is 5.97 Å². The van der Waals surface area contributed by atoms with E-state index >= 15 is 0 Å². The van der Waals surface area contributed by atoms with Gasteiger partial charge in [-0.05, 0) is 29.7 Å². The van der Waals surface area contributed by atoms with Gasteiger partial charge in [0.1, 0.15) is 0 Å². The van der Waals surface area contributed by atoms with Crippen molar-refractivity contribution in [2.24, 2.45) is 15.9 Å². The summed E-state index contributed by atoms with van der Waals surface area (Å²) in [4.78, 5) is 11.7. The standard InChI is InChI=1S/C18H19N3O2S/c1-13-8-9-15(10-16(13)17(22)23-2)11-20-21-18(19)24-12-14-6-4-3-5-7-14/h3-11H,12H2,1-2H3,(H2,19,21). The minimum Gasteiger partial charge on any atom is -0.465 e. The number of ether oxygens (including phenoxy) is 1. The van der Waals surface area contributed by atoms with Crippen molar-refractivity contribution >= 4 is 29.1 Å². The first-order chi connectivity index (χ1) is 11.6. The molecule has 5 nitrogen and oxygen atoms in total. The van der Waals surface area contributed by atoms with Crippen LogP contribution in [0.3, 0.4) is 0 Å². The molecule has 2 rings (SSSR count). The van der Waals surface area contributed by atoms with Gasteiger partial charge in [-0.1, -0.05) is 54.2 Å². The Morgan fingerprint density at radius 3 is 2.71 bits per heavy atom. The van der Waals surface area contributed by atoms with Crippen LogP contribution in [0.15, 0.2) is 58.7 Å². The molecule has 0 fully saturated rings. The van der Waals surface area contributed by atoms with E-state index in [9.17, 15) is 4.79 Å². The van der Waals surface area contributed by atoms with E-state index in [2.05, 4.69) is 10.2 Å². The van der Waals surface area contributed by atoms with Crippen LogP contribution in [0.1, 0.15) is 27.0 Å². The van der Waals surface area contributed by atoms with Gasteiger partial charge in [0.15, 0.2) is 5.17 Å². The summed E-state index contributed by atoms with van der Waals surface area (Å²) in [5.74, 6) is 0.368. The van der Waals surface area contributed by atoms with E-state index in [1.165, 1.54) is 24.4 Å². The van der Waals surface area contributed by atoms with Crippen molar-refractivity contribution in [2.75, 3.05) is 7.11 Å². The number of aryl methyl sites for hydroxylation is 1. The number of carbonyl (C=O) groups excluding carboxylic acids is 1. The van der Waals surface area contributed by atoms with E-state index in [1.54, 1.807) is 12.3 Å². The molecule has 0 aromatic heterocycles. The molecule has 0 amide bonds. The zero-order valence-corrected chi connectivity index (χ0v) is 14.4. The number of benzene rings is 2. The van der Waals surface area contributed by atoms with E-state index in [4.69, 9.17) is 10.5 Å². The highest BCUT2D eigenvalue weighted by molar-refractivity contribution is 8.13. The Morgan fingerprint density at radius 1 is 1.25 bits per heavy atom. The minimum atomic E-state index is -0.371. The first kappa shape index (κ1) is 17.7. The first-order valence-electron chi connectivity index (χ1n) is 7.32. The van der Waals surface area contributed by atoms with Gasteiger partial charge in [-0.3, -0.25) is 0 Å². The smallest absolute Gasteiger partial charge is 0.338 e. The molecule has 2 aromatic carbocycles. The highest BCUT2D eigenvalue weighted by Gasteiger charge is 2.08. The average molecular weight is 341 g/mol. The Balaban J connectivity index is 1.98. The van der Waals surface area contributed by atoms with E-state index in [0.717, 1.165) is 16.9 Å². The fourth-order valence-corrected chi connectivity index (χ4v) is 2.57. The minimum absolute atomic E-state index is 0.371. The highest BCUT2D eigenvalue weighted by atomic mass is 32.2. The Morgan fingerprint density at radius 2 is 2.00 bits per heavy atom. The molecule has 6 heteroatoms. The largest absolute Gasteiger partial charge is 0.465 e. The van der Waals surface area contributed by atoms with Crippen LogP contribution in [0.5, 0.6) is 0 Å². The summed E-state index contributed by atoms with van der Waals surface area (Å²) < 4.78 is 4.75. The maximum atomic E-state index is 11.7. The van der Waals surface area contributed by atoms with Crippen LogP contribution < -0.4 is 5.73 Å². The molecule has 0 heterocycles. The number of nitrogens with two attached hydrogens (primary N) is 1. The molecule has 0 radical (unpaired) electrons. The molecule has 0 saturated carbocycles. The highest BCUT2D eigenvalue weighted by Crippen LogP contribution is 2.13. The second-order valence-electron chi connectivity index (χ2n) is 5.02. The Bertz CT molecular complexity index is 758. The Kier molecular flexibility index (Phi) is 6.57. The lowest BCUT2D eigenvalue weighted by Crippen LogP contribution is -2.06. The van der Waals surface area contributed by atoms with Crippen molar-refractivity contribution in [3.63, 3.8) is 0 Å². The van der Waals surface area contributed by atoms with Gasteiger partial charge < -0.3 is 10.5 Å². The monoisotopic (exact) mass is 341 g/mol. The number of esters is 1. The van der Waals surface area contributed by atoms with Gasteiger partial charge in [0, 0.05) is 5.75 Å². The Hall–Kier alpha value is -2.60. The molecule has 0 spiro atoms.